The van der Waals surface area contributed by atoms with E-state index in [0.717, 1.165) is 0 Å². The summed E-state index contributed by atoms with van der Waals surface area (Å²) in [6.45, 7) is 5.98. The smallest absolute Gasteiger partial charge is 0.306 e. The van der Waals surface area contributed by atoms with Crippen molar-refractivity contribution in [3.05, 3.63) is 0 Å². The Labute approximate surface area is 313 Å². The second kappa shape index (κ2) is 24.2. The van der Waals surface area contributed by atoms with Gasteiger partial charge in [0, 0.05) is 0 Å². The molecule has 10 atom stereocenters. The summed E-state index contributed by atoms with van der Waals surface area (Å²) in [5.74, 6) is -25.2. The van der Waals surface area contributed by atoms with Crippen LogP contribution in [0.5, 0.6) is 0 Å². The highest BCUT2D eigenvalue weighted by molar-refractivity contribution is 5.76. The molecule has 0 bridgehead atoms. The maximum absolute atomic E-state index is 12.4. The Morgan fingerprint density at radius 2 is 0.444 bits per heavy atom. The van der Waals surface area contributed by atoms with Gasteiger partial charge >= 0.3 is 47.8 Å². The van der Waals surface area contributed by atoms with Crippen LogP contribution in [0.25, 0.3) is 0 Å². The molecule has 310 valence electrons. The Balaban J connectivity index is 7.36. The van der Waals surface area contributed by atoms with Crippen molar-refractivity contribution in [1.29, 1.82) is 0 Å². The minimum absolute atomic E-state index is 0.00290. The van der Waals surface area contributed by atoms with Crippen LogP contribution in [0.3, 0.4) is 0 Å². The van der Waals surface area contributed by atoms with E-state index in [1.807, 2.05) is 0 Å². The van der Waals surface area contributed by atoms with Gasteiger partial charge in [0.05, 0.1) is 59.6 Å². The molecule has 0 aromatic carbocycles. The molecule has 0 spiro atoms. The standard InChI is InChI=1S/C36H58O18/c1-5-17(29(39)40)9-23(33(47)48)13-21(14-24(34(49)50)10-18(6-2)30(41)42)27(37)28(38)22(15-25(35(51)52)11-19(7-3)31(43)44)16-26(36(53)54)12-20(8-4)32(45)46/h17-28,37-38H,5-16H2,1-4H3,(H,39,40)(H,41,42)(H,43,44)(H,45,46)(H,47,48)(H,49,50)(H,51,52)(H,53,54). The van der Waals surface area contributed by atoms with Gasteiger partial charge in [0.25, 0.3) is 0 Å². The van der Waals surface area contributed by atoms with Crippen molar-refractivity contribution in [2.75, 3.05) is 0 Å². The minimum atomic E-state index is -2.12. The van der Waals surface area contributed by atoms with Crippen molar-refractivity contribution in [1.82, 2.24) is 0 Å². The quantitative estimate of drug-likeness (QED) is 0.0482. The molecule has 0 radical (unpaired) electrons. The van der Waals surface area contributed by atoms with Gasteiger partial charge in [-0.05, 0) is 88.9 Å². The molecule has 0 saturated heterocycles. The van der Waals surface area contributed by atoms with E-state index in [1.54, 1.807) is 0 Å². The number of carboxylic acids is 8. The fourth-order valence-electron chi connectivity index (χ4n) is 7.10. The lowest BCUT2D eigenvalue weighted by molar-refractivity contribution is -0.153. The Hall–Kier alpha value is -4.32. The molecule has 0 aliphatic carbocycles. The van der Waals surface area contributed by atoms with Crippen LogP contribution in [0, 0.1) is 59.2 Å². The summed E-state index contributed by atoms with van der Waals surface area (Å²) in [5, 5.41) is 102. The first-order valence-electron chi connectivity index (χ1n) is 18.2. The maximum Gasteiger partial charge on any atom is 0.306 e. The Kier molecular flexibility index (Phi) is 22.2. The zero-order valence-corrected chi connectivity index (χ0v) is 31.2. The molecule has 54 heavy (non-hydrogen) atoms. The van der Waals surface area contributed by atoms with Gasteiger partial charge in [-0.15, -0.1) is 0 Å². The molecule has 0 rings (SSSR count). The highest BCUT2D eigenvalue weighted by atomic mass is 16.4. The van der Waals surface area contributed by atoms with Crippen LogP contribution in [0.15, 0.2) is 0 Å². The van der Waals surface area contributed by atoms with Gasteiger partial charge in [0.15, 0.2) is 0 Å². The molecule has 18 nitrogen and oxygen atoms in total. The fraction of sp³-hybridized carbons (Fsp3) is 0.778. The number of aliphatic carboxylic acids is 8. The van der Waals surface area contributed by atoms with Crippen molar-refractivity contribution in [3.63, 3.8) is 0 Å². The van der Waals surface area contributed by atoms with Crippen LogP contribution in [-0.2, 0) is 38.4 Å². The number of carboxylic acid groups (broad SMARTS) is 8. The van der Waals surface area contributed by atoms with E-state index in [4.69, 9.17) is 0 Å². The molecule has 0 saturated carbocycles. The van der Waals surface area contributed by atoms with Gasteiger partial charge in [0.2, 0.25) is 0 Å². The summed E-state index contributed by atoms with van der Waals surface area (Å²) < 4.78 is 0. The summed E-state index contributed by atoms with van der Waals surface area (Å²) in [4.78, 5) is 96.9. The third kappa shape index (κ3) is 16.4. The highest BCUT2D eigenvalue weighted by Gasteiger charge is 2.42. The van der Waals surface area contributed by atoms with E-state index in [0.29, 0.717) is 0 Å². The molecular weight excluding hydrogens is 720 g/mol. The topological polar surface area (TPSA) is 339 Å². The van der Waals surface area contributed by atoms with Gasteiger partial charge in [0.1, 0.15) is 0 Å². The molecule has 10 N–H and O–H groups in total. The molecule has 0 aliphatic rings. The van der Waals surface area contributed by atoms with Crippen molar-refractivity contribution in [3.8, 4) is 0 Å². The first kappa shape index (κ1) is 49.7. The van der Waals surface area contributed by atoms with E-state index in [2.05, 4.69) is 0 Å². The third-order valence-electron chi connectivity index (χ3n) is 10.7. The normalized spacial score (nSPS) is 18.3. The summed E-state index contributed by atoms with van der Waals surface area (Å²) in [6, 6.07) is 0. The average molecular weight is 779 g/mol. The van der Waals surface area contributed by atoms with Crippen LogP contribution < -0.4 is 0 Å². The summed E-state index contributed by atoms with van der Waals surface area (Å²) in [5.41, 5.74) is 0. The maximum atomic E-state index is 12.4. The van der Waals surface area contributed by atoms with Gasteiger partial charge < -0.3 is 51.1 Å². The second-order valence-corrected chi connectivity index (χ2v) is 14.3. The largest absolute Gasteiger partial charge is 0.481 e. The number of rotatable bonds is 31. The zero-order chi connectivity index (χ0) is 42.0. The Morgan fingerprint density at radius 3 is 0.556 bits per heavy atom. The first-order valence-corrected chi connectivity index (χ1v) is 18.2. The summed E-state index contributed by atoms with van der Waals surface area (Å²) in [7, 11) is 0. The Morgan fingerprint density at radius 1 is 0.296 bits per heavy atom. The molecular formula is C36H58O18. The zero-order valence-electron chi connectivity index (χ0n) is 31.2. The van der Waals surface area contributed by atoms with Crippen LogP contribution in [0.2, 0.25) is 0 Å². The molecule has 0 aromatic rings. The number of hydrogen-bond acceptors (Lipinski definition) is 10. The number of hydrogen-bond donors (Lipinski definition) is 10. The molecule has 0 aromatic heterocycles. The van der Waals surface area contributed by atoms with E-state index in [1.165, 1.54) is 27.7 Å². The summed E-state index contributed by atoms with van der Waals surface area (Å²) in [6.07, 6.45) is -8.65. The minimum Gasteiger partial charge on any atom is -0.481 e. The lowest BCUT2D eigenvalue weighted by Crippen LogP contribution is -2.44. The lowest BCUT2D eigenvalue weighted by atomic mass is 9.72. The van der Waals surface area contributed by atoms with Crippen LogP contribution >= 0.6 is 0 Å². The van der Waals surface area contributed by atoms with Gasteiger partial charge in [-0.25, -0.2) is 0 Å². The van der Waals surface area contributed by atoms with Crippen molar-refractivity contribution < 1.29 is 89.4 Å². The van der Waals surface area contributed by atoms with E-state index in [9.17, 15) is 89.4 Å². The van der Waals surface area contributed by atoms with E-state index >= 15 is 0 Å². The Bertz CT molecular complexity index is 1100. The van der Waals surface area contributed by atoms with Gasteiger partial charge in [-0.3, -0.25) is 38.4 Å². The van der Waals surface area contributed by atoms with E-state index in [-0.39, 0.29) is 25.7 Å². The molecule has 18 heteroatoms. The molecule has 0 aliphatic heterocycles. The van der Waals surface area contributed by atoms with Crippen LogP contribution in [-0.4, -0.2) is 111 Å². The van der Waals surface area contributed by atoms with Crippen molar-refractivity contribution in [2.24, 2.45) is 59.2 Å². The molecule has 10 unspecified atom stereocenters. The van der Waals surface area contributed by atoms with Crippen molar-refractivity contribution in [2.45, 2.75) is 117 Å². The average Bonchev–Trinajstić information content (AvgIpc) is 3.08. The molecule has 0 heterocycles. The lowest BCUT2D eigenvalue weighted by Gasteiger charge is -2.36. The van der Waals surface area contributed by atoms with E-state index < -0.39 is 171 Å². The fourth-order valence-corrected chi connectivity index (χ4v) is 7.10. The first-order chi connectivity index (χ1) is 25.1. The second-order valence-electron chi connectivity index (χ2n) is 14.3. The van der Waals surface area contributed by atoms with Crippen LogP contribution in [0.4, 0.5) is 0 Å². The van der Waals surface area contributed by atoms with Crippen LogP contribution in [0.1, 0.15) is 105 Å². The SMILES string of the molecule is CCC(CC(CC(CC(CC(CC)C(=O)O)C(=O)O)C(O)C(O)C(CC(CC(CC)C(=O)O)C(=O)O)CC(CC(CC)C(=O)O)C(=O)O)C(=O)O)C(=O)O. The summed E-state index contributed by atoms with van der Waals surface area (Å²) >= 11 is 0. The van der Waals surface area contributed by atoms with Gasteiger partial charge in [-0.2, -0.15) is 0 Å². The number of aliphatic hydroxyl groups is 2. The third-order valence-corrected chi connectivity index (χ3v) is 10.7. The number of aliphatic hydroxyl groups excluding tert-OH is 2. The number of carbonyl (C=O) groups is 8. The predicted molar refractivity (Wildman–Crippen MR) is 186 cm³/mol. The van der Waals surface area contributed by atoms with Gasteiger partial charge in [-0.1, -0.05) is 27.7 Å². The molecule has 0 fully saturated rings. The monoisotopic (exact) mass is 778 g/mol. The highest BCUT2D eigenvalue weighted by Crippen LogP contribution is 2.38. The predicted octanol–water partition coefficient (Wildman–Crippen LogP) is 3.31. The molecule has 0 amide bonds. The van der Waals surface area contributed by atoms with Crippen molar-refractivity contribution >= 4 is 47.8 Å².